The molecule has 0 bridgehead atoms. The molecule has 0 aliphatic rings. The summed E-state index contributed by atoms with van der Waals surface area (Å²) in [4.78, 5) is 10.2. The van der Waals surface area contributed by atoms with Crippen molar-refractivity contribution in [3.63, 3.8) is 0 Å². The second-order valence-corrected chi connectivity index (χ2v) is 4.37. The zero-order chi connectivity index (χ0) is 11.4. The highest BCUT2D eigenvalue weighted by Crippen LogP contribution is 2.35. The first-order chi connectivity index (χ1) is 7.07. The van der Waals surface area contributed by atoms with E-state index in [1.807, 2.05) is 22.6 Å². The van der Waals surface area contributed by atoms with Crippen molar-refractivity contribution in [3.8, 4) is 5.75 Å². The SMILES string of the molecule is O=[N+]([O-])c1c(Cl)ccc(OCCCl)c1I. The van der Waals surface area contributed by atoms with E-state index in [-0.39, 0.29) is 10.7 Å². The zero-order valence-electron chi connectivity index (χ0n) is 7.37. The minimum Gasteiger partial charge on any atom is -0.491 e. The van der Waals surface area contributed by atoms with E-state index in [0.717, 1.165) is 0 Å². The minimum atomic E-state index is -0.530. The summed E-state index contributed by atoms with van der Waals surface area (Å²) in [5.41, 5.74) is -0.135. The Morgan fingerprint density at radius 3 is 2.73 bits per heavy atom. The first-order valence-electron chi connectivity index (χ1n) is 3.89. The number of nitro benzene ring substituents is 1. The number of halogens is 3. The van der Waals surface area contributed by atoms with Crippen molar-refractivity contribution in [1.29, 1.82) is 0 Å². The van der Waals surface area contributed by atoms with Crippen LogP contribution in [-0.4, -0.2) is 17.4 Å². The van der Waals surface area contributed by atoms with E-state index < -0.39 is 4.92 Å². The molecule has 0 fully saturated rings. The van der Waals surface area contributed by atoms with Crippen LogP contribution in [0.25, 0.3) is 0 Å². The highest BCUT2D eigenvalue weighted by Gasteiger charge is 2.21. The maximum Gasteiger partial charge on any atom is 0.304 e. The van der Waals surface area contributed by atoms with Gasteiger partial charge in [-0.25, -0.2) is 0 Å². The Morgan fingerprint density at radius 1 is 1.53 bits per heavy atom. The molecule has 0 radical (unpaired) electrons. The molecular weight excluding hydrogens is 356 g/mol. The lowest BCUT2D eigenvalue weighted by molar-refractivity contribution is -0.385. The molecule has 1 aromatic carbocycles. The Kier molecular flexibility index (Phi) is 4.88. The number of rotatable bonds is 4. The van der Waals surface area contributed by atoms with Crippen LogP contribution in [0.1, 0.15) is 0 Å². The average molecular weight is 362 g/mol. The van der Waals surface area contributed by atoms with Crippen LogP contribution in [0.5, 0.6) is 5.75 Å². The summed E-state index contributed by atoms with van der Waals surface area (Å²) in [6, 6.07) is 3.02. The van der Waals surface area contributed by atoms with Gasteiger partial charge in [-0.05, 0) is 34.7 Å². The molecule has 4 nitrogen and oxygen atoms in total. The van der Waals surface area contributed by atoms with Gasteiger partial charge in [0.25, 0.3) is 0 Å². The van der Waals surface area contributed by atoms with E-state index in [4.69, 9.17) is 27.9 Å². The standard InChI is InChI=1S/C8H6Cl2INO3/c9-3-4-15-6-2-1-5(10)8(7(6)11)12(13)14/h1-2H,3-4H2. The van der Waals surface area contributed by atoms with Gasteiger partial charge in [0.05, 0.1) is 10.8 Å². The number of nitrogens with zero attached hydrogens (tertiary/aromatic N) is 1. The predicted molar refractivity (Wildman–Crippen MR) is 67.0 cm³/mol. The first-order valence-corrected chi connectivity index (χ1v) is 5.88. The summed E-state index contributed by atoms with van der Waals surface area (Å²) in [6.07, 6.45) is 0. The van der Waals surface area contributed by atoms with E-state index in [2.05, 4.69) is 0 Å². The topological polar surface area (TPSA) is 52.4 Å². The van der Waals surface area contributed by atoms with Crippen LogP contribution >= 0.6 is 45.8 Å². The number of hydrogen-bond donors (Lipinski definition) is 0. The molecule has 0 aliphatic carbocycles. The third kappa shape index (κ3) is 3.09. The molecule has 0 heterocycles. The lowest BCUT2D eigenvalue weighted by Gasteiger charge is -2.07. The molecule has 7 heteroatoms. The van der Waals surface area contributed by atoms with Gasteiger partial charge in [-0.15, -0.1) is 11.6 Å². The second kappa shape index (κ2) is 5.72. The molecule has 0 spiro atoms. The van der Waals surface area contributed by atoms with Crippen molar-refractivity contribution < 1.29 is 9.66 Å². The molecule has 0 unspecified atom stereocenters. The fourth-order valence-electron chi connectivity index (χ4n) is 0.950. The fraction of sp³-hybridized carbons (Fsp3) is 0.250. The number of nitro groups is 1. The largest absolute Gasteiger partial charge is 0.491 e. The highest BCUT2D eigenvalue weighted by atomic mass is 127. The van der Waals surface area contributed by atoms with Crippen LogP contribution < -0.4 is 4.74 Å². The first kappa shape index (κ1) is 12.8. The highest BCUT2D eigenvalue weighted by molar-refractivity contribution is 14.1. The van der Waals surface area contributed by atoms with E-state index in [0.29, 0.717) is 21.8 Å². The van der Waals surface area contributed by atoms with Crippen molar-refractivity contribution in [1.82, 2.24) is 0 Å². The summed E-state index contributed by atoms with van der Waals surface area (Å²) in [7, 11) is 0. The predicted octanol–water partition coefficient (Wildman–Crippen LogP) is 3.47. The number of hydrogen-bond acceptors (Lipinski definition) is 3. The molecule has 0 atom stereocenters. The third-order valence-electron chi connectivity index (χ3n) is 1.55. The van der Waals surface area contributed by atoms with Gasteiger partial charge >= 0.3 is 5.69 Å². The Bertz CT molecular complexity index is 386. The molecule has 0 aliphatic heterocycles. The van der Waals surface area contributed by atoms with Crippen LogP contribution in [0.2, 0.25) is 5.02 Å². The van der Waals surface area contributed by atoms with Crippen LogP contribution in [0.15, 0.2) is 12.1 Å². The van der Waals surface area contributed by atoms with Gasteiger partial charge in [0.1, 0.15) is 20.9 Å². The quantitative estimate of drug-likeness (QED) is 0.357. The lowest BCUT2D eigenvalue weighted by Crippen LogP contribution is -2.02. The number of alkyl halides is 1. The van der Waals surface area contributed by atoms with Gasteiger partial charge < -0.3 is 4.74 Å². The molecule has 0 N–H and O–H groups in total. The lowest BCUT2D eigenvalue weighted by atomic mass is 10.3. The molecule has 1 rings (SSSR count). The monoisotopic (exact) mass is 361 g/mol. The summed E-state index contributed by atoms with van der Waals surface area (Å²) in [6.45, 7) is 0.302. The molecule has 0 aromatic heterocycles. The van der Waals surface area contributed by atoms with Gasteiger partial charge in [-0.2, -0.15) is 0 Å². The maximum atomic E-state index is 10.7. The summed E-state index contributed by atoms with van der Waals surface area (Å²) in [5, 5.41) is 10.8. The Hall–Kier alpha value is -0.270. The minimum absolute atomic E-state index is 0.0997. The third-order valence-corrected chi connectivity index (χ3v) is 3.05. The van der Waals surface area contributed by atoms with Crippen LogP contribution in [-0.2, 0) is 0 Å². The van der Waals surface area contributed by atoms with Crippen molar-refractivity contribution >= 4 is 51.5 Å². The van der Waals surface area contributed by atoms with Crippen molar-refractivity contribution in [2.24, 2.45) is 0 Å². The molecule has 0 saturated heterocycles. The summed E-state index contributed by atoms with van der Waals surface area (Å²) < 4.78 is 5.61. The van der Waals surface area contributed by atoms with E-state index >= 15 is 0 Å². The zero-order valence-corrected chi connectivity index (χ0v) is 11.0. The number of benzene rings is 1. The Morgan fingerprint density at radius 2 is 2.20 bits per heavy atom. The maximum absolute atomic E-state index is 10.7. The van der Waals surface area contributed by atoms with Crippen LogP contribution in [0.3, 0.4) is 0 Å². The summed E-state index contributed by atoms with van der Waals surface area (Å²) >= 11 is 13.0. The van der Waals surface area contributed by atoms with Crippen LogP contribution in [0.4, 0.5) is 5.69 Å². The van der Waals surface area contributed by atoms with E-state index in [1.54, 1.807) is 6.07 Å². The average Bonchev–Trinajstić information content (AvgIpc) is 2.16. The Labute approximate surface area is 110 Å². The fourth-order valence-corrected chi connectivity index (χ4v) is 2.24. The molecule has 0 amide bonds. The van der Waals surface area contributed by atoms with Gasteiger partial charge in [-0.1, -0.05) is 11.6 Å². The van der Waals surface area contributed by atoms with E-state index in [1.165, 1.54) is 6.07 Å². The van der Waals surface area contributed by atoms with Crippen molar-refractivity contribution in [2.75, 3.05) is 12.5 Å². The molecule has 15 heavy (non-hydrogen) atoms. The smallest absolute Gasteiger partial charge is 0.304 e. The molecule has 0 saturated carbocycles. The second-order valence-electron chi connectivity index (χ2n) is 2.50. The van der Waals surface area contributed by atoms with Gasteiger partial charge in [-0.3, -0.25) is 10.1 Å². The van der Waals surface area contributed by atoms with Crippen molar-refractivity contribution in [2.45, 2.75) is 0 Å². The summed E-state index contributed by atoms with van der Waals surface area (Å²) in [5.74, 6) is 0.749. The molecule has 82 valence electrons. The van der Waals surface area contributed by atoms with Gasteiger partial charge in [0, 0.05) is 0 Å². The normalized spacial score (nSPS) is 10.1. The molecular formula is C8H6Cl2INO3. The van der Waals surface area contributed by atoms with E-state index in [9.17, 15) is 10.1 Å². The molecule has 1 aromatic rings. The van der Waals surface area contributed by atoms with Gasteiger partial charge in [0.2, 0.25) is 0 Å². The van der Waals surface area contributed by atoms with Crippen molar-refractivity contribution in [3.05, 3.63) is 30.8 Å². The van der Waals surface area contributed by atoms with Gasteiger partial charge in [0.15, 0.2) is 0 Å². The number of ether oxygens (including phenoxy) is 1. The van der Waals surface area contributed by atoms with Crippen LogP contribution in [0, 0.1) is 13.7 Å². The Balaban J connectivity index is 3.11.